The van der Waals surface area contributed by atoms with Crippen LogP contribution in [0.5, 0.6) is 28.7 Å². The number of phenols is 3. The number of methoxy groups -OCH3 is 1. The van der Waals surface area contributed by atoms with Gasteiger partial charge in [-0.25, -0.2) is 0 Å². The Morgan fingerprint density at radius 3 is 2.26 bits per heavy atom. The summed E-state index contributed by atoms with van der Waals surface area (Å²) >= 11 is 0. The van der Waals surface area contributed by atoms with Gasteiger partial charge in [0.25, 0.3) is 0 Å². The Bertz CT molecular complexity index is 941. The maximum atomic E-state index is 12.8. The van der Waals surface area contributed by atoms with Crippen LogP contribution in [0.25, 0.3) is 0 Å². The highest BCUT2D eigenvalue weighted by atomic mass is 16.7. The second kappa shape index (κ2) is 8.96. The molecule has 2 aromatic rings. The molecule has 5 unspecified atom stereocenters. The molecule has 0 aliphatic carbocycles. The van der Waals surface area contributed by atoms with Crippen molar-refractivity contribution in [1.29, 1.82) is 0 Å². The molecule has 0 aromatic heterocycles. The monoisotopic (exact) mass is 438 g/mol. The molecule has 0 saturated carbocycles. The van der Waals surface area contributed by atoms with E-state index >= 15 is 0 Å². The van der Waals surface area contributed by atoms with Crippen molar-refractivity contribution >= 4 is 5.78 Å². The molecule has 168 valence electrons. The fraction of sp³-hybridized carbons (Fsp3) is 0.350. The molecule has 1 aliphatic rings. The van der Waals surface area contributed by atoms with Crippen molar-refractivity contribution in [3.05, 3.63) is 41.5 Å². The largest absolute Gasteiger partial charge is 0.508 e. The predicted octanol–water partition coefficient (Wildman–Crippen LogP) is -0.778. The maximum absolute atomic E-state index is 12.8. The smallest absolute Gasteiger partial charge is 0.229 e. The van der Waals surface area contributed by atoms with Crippen molar-refractivity contribution < 1.29 is 54.8 Å². The van der Waals surface area contributed by atoms with Gasteiger partial charge in [0.15, 0.2) is 11.5 Å². The van der Waals surface area contributed by atoms with Gasteiger partial charge in [-0.15, -0.1) is 0 Å². The number of benzene rings is 2. The van der Waals surface area contributed by atoms with Crippen molar-refractivity contribution in [2.45, 2.75) is 30.7 Å². The Morgan fingerprint density at radius 2 is 1.68 bits per heavy atom. The Hall–Kier alpha value is -3.09. The molecule has 31 heavy (non-hydrogen) atoms. The lowest BCUT2D eigenvalue weighted by molar-refractivity contribution is -0.277. The Labute approximate surface area is 175 Å². The fourth-order valence-electron chi connectivity index (χ4n) is 3.14. The van der Waals surface area contributed by atoms with Crippen molar-refractivity contribution in [3.8, 4) is 28.7 Å². The lowest BCUT2D eigenvalue weighted by Crippen LogP contribution is -2.60. The number of ketones is 1. The quantitative estimate of drug-likeness (QED) is 0.281. The number of aliphatic hydroxyl groups is 4. The lowest BCUT2D eigenvalue weighted by Gasteiger charge is -2.39. The van der Waals surface area contributed by atoms with E-state index in [4.69, 9.17) is 14.2 Å². The second-order valence-corrected chi connectivity index (χ2v) is 6.84. The van der Waals surface area contributed by atoms with Gasteiger partial charge in [-0.1, -0.05) is 0 Å². The molecule has 0 bridgehead atoms. The Morgan fingerprint density at radius 1 is 1.03 bits per heavy atom. The van der Waals surface area contributed by atoms with E-state index in [2.05, 4.69) is 0 Å². The molecule has 5 atom stereocenters. The molecule has 1 aliphatic heterocycles. The summed E-state index contributed by atoms with van der Waals surface area (Å²) in [6, 6.07) is 6.04. The van der Waals surface area contributed by atoms with E-state index in [1.807, 2.05) is 0 Å². The highest BCUT2D eigenvalue weighted by Gasteiger charge is 2.45. The van der Waals surface area contributed by atoms with Gasteiger partial charge in [-0.05, 0) is 24.3 Å². The number of aliphatic hydroxyl groups excluding tert-OH is 4. The summed E-state index contributed by atoms with van der Waals surface area (Å²) in [5, 5.41) is 69.6. The molecular formula is C20H22O11. The zero-order valence-electron chi connectivity index (χ0n) is 16.2. The number of carbonyl (C=O) groups is 1. The van der Waals surface area contributed by atoms with Crippen LogP contribution in [-0.2, 0) is 4.74 Å². The van der Waals surface area contributed by atoms with E-state index in [1.54, 1.807) is 0 Å². The van der Waals surface area contributed by atoms with E-state index in [0.29, 0.717) is 0 Å². The summed E-state index contributed by atoms with van der Waals surface area (Å²) in [6.07, 6.45) is -8.09. The second-order valence-electron chi connectivity index (χ2n) is 6.84. The topological polar surface area (TPSA) is 186 Å². The summed E-state index contributed by atoms with van der Waals surface area (Å²) in [6.45, 7) is -0.700. The van der Waals surface area contributed by atoms with Gasteiger partial charge in [0.1, 0.15) is 41.5 Å². The summed E-state index contributed by atoms with van der Waals surface area (Å²) in [7, 11) is 1.19. The number of aromatic hydroxyl groups is 3. The summed E-state index contributed by atoms with van der Waals surface area (Å²) in [5.74, 6) is -3.09. The third-order valence-electron chi connectivity index (χ3n) is 4.86. The molecular weight excluding hydrogens is 416 g/mol. The first-order valence-corrected chi connectivity index (χ1v) is 9.13. The van der Waals surface area contributed by atoms with E-state index in [1.165, 1.54) is 31.4 Å². The molecule has 0 spiro atoms. The highest BCUT2D eigenvalue weighted by Crippen LogP contribution is 2.46. The third-order valence-corrected chi connectivity index (χ3v) is 4.86. The fourth-order valence-corrected chi connectivity index (χ4v) is 3.14. The van der Waals surface area contributed by atoms with Gasteiger partial charge in [0.2, 0.25) is 17.8 Å². The van der Waals surface area contributed by atoms with Gasteiger partial charge in [-0.2, -0.15) is 0 Å². The number of hydrogen-bond acceptors (Lipinski definition) is 11. The molecule has 1 fully saturated rings. The van der Waals surface area contributed by atoms with Crippen LogP contribution in [0.15, 0.2) is 30.3 Å². The minimum absolute atomic E-state index is 0.0346. The van der Waals surface area contributed by atoms with Crippen LogP contribution < -0.4 is 9.47 Å². The van der Waals surface area contributed by atoms with E-state index in [-0.39, 0.29) is 17.1 Å². The van der Waals surface area contributed by atoms with E-state index in [0.717, 1.165) is 6.07 Å². The first-order valence-electron chi connectivity index (χ1n) is 9.13. The normalized spacial score (nSPS) is 25.8. The molecule has 11 nitrogen and oxygen atoms in total. The predicted molar refractivity (Wildman–Crippen MR) is 102 cm³/mol. The SMILES string of the molecule is COc1cc(O)c(C(=O)c2ccc(O)cc2)c(O)c1OC1OC(CO)C(O)C(O)C1O. The van der Waals surface area contributed by atoms with Crippen molar-refractivity contribution in [3.63, 3.8) is 0 Å². The minimum Gasteiger partial charge on any atom is -0.508 e. The average Bonchev–Trinajstić information content (AvgIpc) is 2.75. The zero-order chi connectivity index (χ0) is 22.9. The van der Waals surface area contributed by atoms with Crippen molar-refractivity contribution in [1.82, 2.24) is 0 Å². The van der Waals surface area contributed by atoms with Gasteiger partial charge in [0.05, 0.1) is 13.7 Å². The third kappa shape index (κ3) is 4.22. The molecule has 2 aromatic carbocycles. The Balaban J connectivity index is 2.01. The Kier molecular flexibility index (Phi) is 6.53. The summed E-state index contributed by atoms with van der Waals surface area (Å²) < 4.78 is 15.7. The van der Waals surface area contributed by atoms with Crippen molar-refractivity contribution in [2.24, 2.45) is 0 Å². The minimum atomic E-state index is -1.79. The van der Waals surface area contributed by atoms with Crippen molar-refractivity contribution in [2.75, 3.05) is 13.7 Å². The number of carbonyl (C=O) groups excluding carboxylic acids is 1. The lowest BCUT2D eigenvalue weighted by atomic mass is 9.99. The molecule has 11 heteroatoms. The van der Waals surface area contributed by atoms with Gasteiger partial charge in [0, 0.05) is 11.6 Å². The van der Waals surface area contributed by atoms with Crippen LogP contribution >= 0.6 is 0 Å². The summed E-state index contributed by atoms with van der Waals surface area (Å²) in [4.78, 5) is 12.8. The summed E-state index contributed by atoms with van der Waals surface area (Å²) in [5.41, 5.74) is -0.515. The van der Waals surface area contributed by atoms with Crippen LogP contribution in [0.2, 0.25) is 0 Å². The molecule has 0 radical (unpaired) electrons. The molecule has 1 saturated heterocycles. The van der Waals surface area contributed by atoms with Gasteiger partial charge >= 0.3 is 0 Å². The van der Waals surface area contributed by atoms with Crippen LogP contribution in [0.1, 0.15) is 15.9 Å². The van der Waals surface area contributed by atoms with Gasteiger partial charge < -0.3 is 50.0 Å². The number of phenolic OH excluding ortho intramolecular Hbond substituents is 3. The van der Waals surface area contributed by atoms with Crippen LogP contribution in [0.4, 0.5) is 0 Å². The van der Waals surface area contributed by atoms with Crippen LogP contribution in [-0.4, -0.2) is 86.0 Å². The average molecular weight is 438 g/mol. The number of hydrogen-bond donors (Lipinski definition) is 7. The highest BCUT2D eigenvalue weighted by molar-refractivity contribution is 6.13. The molecule has 3 rings (SSSR count). The standard InChI is InChI=1S/C20H22O11/c1-29-11-6-10(23)13(14(24)8-2-4-9(22)5-3-8)16(26)19(11)31-20-18(28)17(27)15(25)12(7-21)30-20/h2-6,12,15,17-18,20-23,25-28H,7H2,1H3. The van der Waals surface area contributed by atoms with Crippen LogP contribution in [0.3, 0.4) is 0 Å². The molecule has 0 amide bonds. The number of rotatable bonds is 6. The van der Waals surface area contributed by atoms with E-state index < -0.39 is 65.9 Å². The first kappa shape index (κ1) is 22.6. The molecule has 1 heterocycles. The number of ether oxygens (including phenoxy) is 3. The first-order chi connectivity index (χ1) is 14.7. The molecule has 7 N–H and O–H groups in total. The van der Waals surface area contributed by atoms with Crippen LogP contribution in [0, 0.1) is 0 Å². The zero-order valence-corrected chi connectivity index (χ0v) is 16.2. The van der Waals surface area contributed by atoms with Gasteiger partial charge in [-0.3, -0.25) is 4.79 Å². The maximum Gasteiger partial charge on any atom is 0.229 e. The van der Waals surface area contributed by atoms with E-state index in [9.17, 15) is 40.5 Å².